The van der Waals surface area contributed by atoms with E-state index in [1.54, 1.807) is 18.2 Å². The second-order valence-electron chi connectivity index (χ2n) is 2.92. The Kier molecular flexibility index (Phi) is 3.16. The van der Waals surface area contributed by atoms with E-state index in [4.69, 9.17) is 21.6 Å². The number of rotatable bonds is 2. The Bertz CT molecular complexity index is 341. The first-order valence-corrected chi connectivity index (χ1v) is 4.37. The van der Waals surface area contributed by atoms with Gasteiger partial charge < -0.3 is 4.74 Å². The van der Waals surface area contributed by atoms with Crippen LogP contribution in [0.3, 0.4) is 0 Å². The molecule has 0 aliphatic heterocycles. The van der Waals surface area contributed by atoms with Crippen molar-refractivity contribution in [2.45, 2.75) is 20.0 Å². The molecule has 0 unspecified atom stereocenters. The third-order valence-electron chi connectivity index (χ3n) is 1.43. The Morgan fingerprint density at radius 2 is 2.15 bits per heavy atom. The van der Waals surface area contributed by atoms with Crippen molar-refractivity contribution in [2.75, 3.05) is 0 Å². The van der Waals surface area contributed by atoms with Crippen LogP contribution in [0.25, 0.3) is 0 Å². The predicted molar refractivity (Wildman–Crippen MR) is 51.9 cm³/mol. The van der Waals surface area contributed by atoms with E-state index in [1.807, 2.05) is 19.9 Å². The lowest BCUT2D eigenvalue weighted by Gasteiger charge is -2.09. The Morgan fingerprint density at radius 3 is 2.62 bits per heavy atom. The average Bonchev–Trinajstić information content (AvgIpc) is 2.03. The molecule has 1 aromatic carbocycles. The van der Waals surface area contributed by atoms with Crippen molar-refractivity contribution < 1.29 is 4.74 Å². The lowest BCUT2D eigenvalue weighted by atomic mass is 10.2. The van der Waals surface area contributed by atoms with Crippen LogP contribution in [0.15, 0.2) is 18.2 Å². The molecule has 0 radical (unpaired) electrons. The van der Waals surface area contributed by atoms with E-state index in [2.05, 4.69) is 0 Å². The highest BCUT2D eigenvalue weighted by Crippen LogP contribution is 2.22. The van der Waals surface area contributed by atoms with Gasteiger partial charge in [0.15, 0.2) is 0 Å². The molecule has 0 heterocycles. The van der Waals surface area contributed by atoms with Crippen LogP contribution < -0.4 is 4.74 Å². The SMILES string of the molecule is CC(C)Oc1ccc(C#N)c(Cl)c1. The lowest BCUT2D eigenvalue weighted by Crippen LogP contribution is -2.05. The van der Waals surface area contributed by atoms with Crippen LogP contribution in [0, 0.1) is 11.3 Å². The number of nitrogens with zero attached hydrogens (tertiary/aromatic N) is 1. The molecule has 0 fully saturated rings. The van der Waals surface area contributed by atoms with Gasteiger partial charge in [-0.1, -0.05) is 11.6 Å². The van der Waals surface area contributed by atoms with Crippen LogP contribution in [-0.2, 0) is 0 Å². The molecule has 0 aliphatic carbocycles. The van der Waals surface area contributed by atoms with Gasteiger partial charge in [0, 0.05) is 6.07 Å². The smallest absolute Gasteiger partial charge is 0.121 e. The van der Waals surface area contributed by atoms with Gasteiger partial charge >= 0.3 is 0 Å². The molecule has 0 atom stereocenters. The van der Waals surface area contributed by atoms with E-state index < -0.39 is 0 Å². The number of benzene rings is 1. The van der Waals surface area contributed by atoms with Crippen molar-refractivity contribution in [3.63, 3.8) is 0 Å². The highest BCUT2D eigenvalue weighted by Gasteiger charge is 2.02. The second-order valence-corrected chi connectivity index (χ2v) is 3.33. The van der Waals surface area contributed by atoms with Crippen molar-refractivity contribution in [3.8, 4) is 11.8 Å². The topological polar surface area (TPSA) is 33.0 Å². The fraction of sp³-hybridized carbons (Fsp3) is 0.300. The van der Waals surface area contributed by atoms with E-state index in [-0.39, 0.29) is 6.10 Å². The Morgan fingerprint density at radius 1 is 1.46 bits per heavy atom. The first kappa shape index (κ1) is 9.88. The highest BCUT2D eigenvalue weighted by molar-refractivity contribution is 6.31. The van der Waals surface area contributed by atoms with Gasteiger partial charge in [-0.25, -0.2) is 0 Å². The van der Waals surface area contributed by atoms with Gasteiger partial charge in [-0.15, -0.1) is 0 Å². The van der Waals surface area contributed by atoms with Gasteiger partial charge in [-0.3, -0.25) is 0 Å². The summed E-state index contributed by atoms with van der Waals surface area (Å²) in [5.74, 6) is 0.694. The summed E-state index contributed by atoms with van der Waals surface area (Å²) < 4.78 is 5.40. The summed E-state index contributed by atoms with van der Waals surface area (Å²) in [6, 6.07) is 7.03. The lowest BCUT2D eigenvalue weighted by molar-refractivity contribution is 0.242. The van der Waals surface area contributed by atoms with Crippen molar-refractivity contribution in [2.24, 2.45) is 0 Å². The maximum Gasteiger partial charge on any atom is 0.121 e. The molecule has 68 valence electrons. The van der Waals surface area contributed by atoms with Gasteiger partial charge in [-0.05, 0) is 26.0 Å². The van der Waals surface area contributed by atoms with Crippen LogP contribution in [0.4, 0.5) is 0 Å². The first-order valence-electron chi connectivity index (χ1n) is 4.00. The first-order chi connectivity index (χ1) is 6.13. The molecular formula is C10H10ClNO. The zero-order chi connectivity index (χ0) is 9.84. The number of ether oxygens (including phenoxy) is 1. The minimum atomic E-state index is 0.115. The fourth-order valence-corrected chi connectivity index (χ4v) is 1.14. The monoisotopic (exact) mass is 195 g/mol. The number of halogens is 1. The second kappa shape index (κ2) is 4.15. The van der Waals surface area contributed by atoms with E-state index in [1.165, 1.54) is 0 Å². The molecule has 3 heteroatoms. The molecule has 0 saturated heterocycles. The number of hydrogen-bond donors (Lipinski definition) is 0. The van der Waals surface area contributed by atoms with Crippen LogP contribution in [0.2, 0.25) is 5.02 Å². The van der Waals surface area contributed by atoms with Gasteiger partial charge in [0.2, 0.25) is 0 Å². The van der Waals surface area contributed by atoms with Gasteiger partial charge in [0.25, 0.3) is 0 Å². The molecule has 13 heavy (non-hydrogen) atoms. The molecule has 1 aromatic rings. The van der Waals surface area contributed by atoms with Gasteiger partial charge in [-0.2, -0.15) is 5.26 Å². The highest BCUT2D eigenvalue weighted by atomic mass is 35.5. The van der Waals surface area contributed by atoms with E-state index >= 15 is 0 Å². The summed E-state index contributed by atoms with van der Waals surface area (Å²) >= 11 is 5.81. The number of nitriles is 1. The van der Waals surface area contributed by atoms with Crippen LogP contribution in [0.1, 0.15) is 19.4 Å². The van der Waals surface area contributed by atoms with Crippen molar-refractivity contribution in [1.29, 1.82) is 5.26 Å². The van der Waals surface area contributed by atoms with E-state index in [9.17, 15) is 0 Å². The Hall–Kier alpha value is -1.20. The summed E-state index contributed by atoms with van der Waals surface area (Å²) in [4.78, 5) is 0. The predicted octanol–water partition coefficient (Wildman–Crippen LogP) is 3.00. The van der Waals surface area contributed by atoms with Gasteiger partial charge in [0.1, 0.15) is 11.8 Å². The van der Waals surface area contributed by atoms with Crippen molar-refractivity contribution in [1.82, 2.24) is 0 Å². The third-order valence-corrected chi connectivity index (χ3v) is 1.75. The maximum atomic E-state index is 8.62. The minimum absolute atomic E-state index is 0.115. The van der Waals surface area contributed by atoms with Gasteiger partial charge in [0.05, 0.1) is 16.7 Å². The van der Waals surface area contributed by atoms with Crippen LogP contribution in [-0.4, -0.2) is 6.10 Å². The molecule has 0 saturated carbocycles. The molecule has 1 rings (SSSR count). The van der Waals surface area contributed by atoms with Crippen molar-refractivity contribution in [3.05, 3.63) is 28.8 Å². The molecule has 0 N–H and O–H groups in total. The Labute approximate surface area is 82.7 Å². The summed E-state index contributed by atoms with van der Waals surface area (Å²) in [5, 5.41) is 9.05. The maximum absolute atomic E-state index is 8.62. The van der Waals surface area contributed by atoms with Crippen LogP contribution in [0.5, 0.6) is 5.75 Å². The molecule has 0 spiro atoms. The minimum Gasteiger partial charge on any atom is -0.491 e. The van der Waals surface area contributed by atoms with E-state index in [0.717, 1.165) is 0 Å². The zero-order valence-electron chi connectivity index (χ0n) is 7.54. The normalized spacial score (nSPS) is 9.77. The summed E-state index contributed by atoms with van der Waals surface area (Å²) in [5.41, 5.74) is 0.470. The molecular weight excluding hydrogens is 186 g/mol. The fourth-order valence-electron chi connectivity index (χ4n) is 0.932. The third kappa shape index (κ3) is 2.64. The molecule has 0 bridgehead atoms. The molecule has 0 aromatic heterocycles. The summed E-state index contributed by atoms with van der Waals surface area (Å²) in [7, 11) is 0. The largest absolute Gasteiger partial charge is 0.491 e. The Balaban J connectivity index is 2.91. The quantitative estimate of drug-likeness (QED) is 0.727. The molecule has 0 amide bonds. The van der Waals surface area contributed by atoms with Crippen LogP contribution >= 0.6 is 11.6 Å². The standard InChI is InChI=1S/C10H10ClNO/c1-7(2)13-9-4-3-8(6-12)10(11)5-9/h3-5,7H,1-2H3. The average molecular weight is 196 g/mol. The number of hydrogen-bond acceptors (Lipinski definition) is 2. The molecule has 0 aliphatic rings. The zero-order valence-corrected chi connectivity index (χ0v) is 8.30. The summed E-state index contributed by atoms with van der Waals surface area (Å²) in [6.07, 6.45) is 0.115. The summed E-state index contributed by atoms with van der Waals surface area (Å²) in [6.45, 7) is 3.87. The van der Waals surface area contributed by atoms with E-state index in [0.29, 0.717) is 16.3 Å². The molecule has 2 nitrogen and oxygen atoms in total. The van der Waals surface area contributed by atoms with Crippen molar-refractivity contribution >= 4 is 11.6 Å².